The lowest BCUT2D eigenvalue weighted by Gasteiger charge is -2.15. The summed E-state index contributed by atoms with van der Waals surface area (Å²) in [5.74, 6) is 0.520. The van der Waals surface area contributed by atoms with E-state index in [1.807, 2.05) is 25.1 Å². The molecule has 0 saturated heterocycles. The summed E-state index contributed by atoms with van der Waals surface area (Å²) in [5.41, 5.74) is 7.19. The van der Waals surface area contributed by atoms with E-state index in [-0.39, 0.29) is 13.2 Å². The molecule has 1 aromatic rings. The summed E-state index contributed by atoms with van der Waals surface area (Å²) in [7, 11) is 3.78. The lowest BCUT2D eigenvalue weighted by Crippen LogP contribution is -2.18. The first kappa shape index (κ1) is 16.4. The van der Waals surface area contributed by atoms with Gasteiger partial charge in [-0.1, -0.05) is 0 Å². The van der Waals surface area contributed by atoms with Crippen LogP contribution in [-0.2, 0) is 4.74 Å². The minimum Gasteiger partial charge on any atom is -0.491 e. The Morgan fingerprint density at radius 2 is 1.90 bits per heavy atom. The van der Waals surface area contributed by atoms with E-state index in [0.717, 1.165) is 5.69 Å². The molecule has 0 fully saturated rings. The topological polar surface area (TPSA) is 47.7 Å². The molecule has 0 radical (unpaired) electrons. The quantitative estimate of drug-likeness (QED) is 0.620. The number of nitrogens with zero attached hydrogens (tertiary/aromatic N) is 1. The fraction of sp³-hybridized carbons (Fsp3) is 0.538. The molecule has 1 aromatic carbocycles. The first-order valence-electron chi connectivity index (χ1n) is 6.14. The van der Waals surface area contributed by atoms with Gasteiger partial charge in [0, 0.05) is 32.3 Å². The molecule has 4 nitrogen and oxygen atoms in total. The Kier molecular flexibility index (Phi) is 5.94. The van der Waals surface area contributed by atoms with Crippen molar-refractivity contribution in [1.29, 1.82) is 0 Å². The van der Waals surface area contributed by atoms with Crippen molar-refractivity contribution in [2.24, 2.45) is 0 Å². The second kappa shape index (κ2) is 7.23. The van der Waals surface area contributed by atoms with E-state index in [2.05, 4.69) is 4.74 Å². The summed E-state index contributed by atoms with van der Waals surface area (Å²) in [6, 6.07) is 5.37. The third-order valence-corrected chi connectivity index (χ3v) is 2.47. The molecule has 0 unspecified atom stereocenters. The molecule has 7 heteroatoms. The molecule has 0 saturated carbocycles. The van der Waals surface area contributed by atoms with Crippen LogP contribution < -0.4 is 15.4 Å². The van der Waals surface area contributed by atoms with E-state index in [4.69, 9.17) is 10.5 Å². The number of halogens is 3. The lowest BCUT2D eigenvalue weighted by atomic mass is 10.2. The highest BCUT2D eigenvalue weighted by Gasteiger charge is 2.27. The highest BCUT2D eigenvalue weighted by molar-refractivity contribution is 5.61. The Morgan fingerprint density at radius 1 is 1.20 bits per heavy atom. The normalized spacial score (nSPS) is 11.4. The minimum absolute atomic E-state index is 0.00716. The molecule has 0 aliphatic heterocycles. The Labute approximate surface area is 116 Å². The van der Waals surface area contributed by atoms with Gasteiger partial charge in [0.25, 0.3) is 0 Å². The molecule has 1 rings (SSSR count). The predicted molar refractivity (Wildman–Crippen MR) is 72.2 cm³/mol. The number of rotatable bonds is 7. The average Bonchev–Trinajstić information content (AvgIpc) is 2.34. The number of benzene rings is 1. The maximum Gasteiger partial charge on any atom is 0.411 e. The van der Waals surface area contributed by atoms with Crippen LogP contribution in [0.4, 0.5) is 24.5 Å². The van der Waals surface area contributed by atoms with Crippen molar-refractivity contribution < 1.29 is 22.6 Å². The van der Waals surface area contributed by atoms with Gasteiger partial charge in [-0.3, -0.25) is 0 Å². The van der Waals surface area contributed by atoms with Gasteiger partial charge in [0.1, 0.15) is 12.4 Å². The summed E-state index contributed by atoms with van der Waals surface area (Å²) in [5, 5.41) is 0. The smallest absolute Gasteiger partial charge is 0.411 e. The molecule has 0 atom stereocenters. The molecular formula is C13H19F3N2O2. The van der Waals surface area contributed by atoms with Crippen molar-refractivity contribution >= 4 is 11.4 Å². The SMILES string of the molecule is CN(C)c1ccc(N)c(OCCCOCC(F)(F)F)c1. The highest BCUT2D eigenvalue weighted by Crippen LogP contribution is 2.26. The van der Waals surface area contributed by atoms with Gasteiger partial charge in [-0.05, 0) is 12.1 Å². The molecule has 20 heavy (non-hydrogen) atoms. The summed E-state index contributed by atoms with van der Waals surface area (Å²) in [6.07, 6.45) is -3.92. The Bertz CT molecular complexity index is 423. The molecule has 0 spiro atoms. The summed E-state index contributed by atoms with van der Waals surface area (Å²) >= 11 is 0. The van der Waals surface area contributed by atoms with Crippen LogP contribution in [0, 0.1) is 0 Å². The molecule has 0 aliphatic rings. The fourth-order valence-electron chi connectivity index (χ4n) is 1.46. The summed E-state index contributed by atoms with van der Waals surface area (Å²) in [6.45, 7) is -0.989. The van der Waals surface area contributed by atoms with Crippen LogP contribution >= 0.6 is 0 Å². The van der Waals surface area contributed by atoms with Crippen molar-refractivity contribution in [3.63, 3.8) is 0 Å². The number of nitrogens with two attached hydrogens (primary N) is 1. The fourth-order valence-corrected chi connectivity index (χ4v) is 1.46. The highest BCUT2D eigenvalue weighted by atomic mass is 19.4. The third-order valence-electron chi connectivity index (χ3n) is 2.47. The Hall–Kier alpha value is -1.63. The van der Waals surface area contributed by atoms with Gasteiger partial charge in [0.2, 0.25) is 0 Å². The molecule has 0 bridgehead atoms. The van der Waals surface area contributed by atoms with Crippen LogP contribution in [0.2, 0.25) is 0 Å². The zero-order valence-corrected chi connectivity index (χ0v) is 11.5. The van der Waals surface area contributed by atoms with Gasteiger partial charge in [-0.15, -0.1) is 0 Å². The largest absolute Gasteiger partial charge is 0.491 e. The maximum atomic E-state index is 11.8. The van der Waals surface area contributed by atoms with Gasteiger partial charge in [-0.25, -0.2) is 0 Å². The summed E-state index contributed by atoms with van der Waals surface area (Å²) < 4.78 is 45.4. The minimum atomic E-state index is -4.29. The second-order valence-corrected chi connectivity index (χ2v) is 4.49. The van der Waals surface area contributed by atoms with Crippen molar-refractivity contribution in [3.8, 4) is 5.75 Å². The van der Waals surface area contributed by atoms with Gasteiger partial charge in [-0.2, -0.15) is 13.2 Å². The van der Waals surface area contributed by atoms with Crippen LogP contribution in [-0.4, -0.2) is 40.1 Å². The number of alkyl halides is 3. The van der Waals surface area contributed by atoms with Crippen LogP contribution in [0.1, 0.15) is 6.42 Å². The number of nitrogen functional groups attached to an aromatic ring is 1. The van der Waals surface area contributed by atoms with E-state index in [1.165, 1.54) is 0 Å². The summed E-state index contributed by atoms with van der Waals surface area (Å²) in [4.78, 5) is 1.90. The number of hydrogen-bond donors (Lipinski definition) is 1. The van der Waals surface area contributed by atoms with E-state index in [9.17, 15) is 13.2 Å². The molecule has 0 aliphatic carbocycles. The Balaban J connectivity index is 2.33. The van der Waals surface area contributed by atoms with Crippen molar-refractivity contribution in [2.75, 3.05) is 44.5 Å². The number of hydrogen-bond acceptors (Lipinski definition) is 4. The zero-order chi connectivity index (χ0) is 15.2. The van der Waals surface area contributed by atoms with Gasteiger partial charge in [0.15, 0.2) is 0 Å². The van der Waals surface area contributed by atoms with Crippen molar-refractivity contribution in [3.05, 3.63) is 18.2 Å². The van der Waals surface area contributed by atoms with Gasteiger partial charge in [0.05, 0.1) is 18.9 Å². The number of ether oxygens (including phenoxy) is 2. The molecule has 0 aromatic heterocycles. The predicted octanol–water partition coefficient (Wildman–Crippen LogP) is 2.68. The van der Waals surface area contributed by atoms with Crippen LogP contribution in [0.15, 0.2) is 18.2 Å². The van der Waals surface area contributed by atoms with E-state index in [1.54, 1.807) is 12.1 Å². The first-order valence-corrected chi connectivity index (χ1v) is 6.14. The van der Waals surface area contributed by atoms with Gasteiger partial charge >= 0.3 is 6.18 Å². The van der Waals surface area contributed by atoms with E-state index < -0.39 is 12.8 Å². The van der Waals surface area contributed by atoms with Crippen LogP contribution in [0.5, 0.6) is 5.75 Å². The Morgan fingerprint density at radius 3 is 2.50 bits per heavy atom. The van der Waals surface area contributed by atoms with Gasteiger partial charge < -0.3 is 20.1 Å². The van der Waals surface area contributed by atoms with Crippen LogP contribution in [0.25, 0.3) is 0 Å². The third kappa shape index (κ3) is 6.01. The standard InChI is InChI=1S/C13H19F3N2O2/c1-18(2)10-4-5-11(17)12(8-10)20-7-3-6-19-9-13(14,15)16/h4-5,8H,3,6-7,9,17H2,1-2H3. The van der Waals surface area contributed by atoms with E-state index >= 15 is 0 Å². The van der Waals surface area contributed by atoms with E-state index in [0.29, 0.717) is 17.9 Å². The zero-order valence-electron chi connectivity index (χ0n) is 11.5. The monoisotopic (exact) mass is 292 g/mol. The average molecular weight is 292 g/mol. The molecule has 0 amide bonds. The number of anilines is 2. The van der Waals surface area contributed by atoms with Crippen molar-refractivity contribution in [2.45, 2.75) is 12.6 Å². The molecule has 2 N–H and O–H groups in total. The molecular weight excluding hydrogens is 273 g/mol. The second-order valence-electron chi connectivity index (χ2n) is 4.49. The first-order chi connectivity index (χ1) is 9.29. The molecule has 114 valence electrons. The van der Waals surface area contributed by atoms with Crippen LogP contribution in [0.3, 0.4) is 0 Å². The maximum absolute atomic E-state index is 11.8. The lowest BCUT2D eigenvalue weighted by molar-refractivity contribution is -0.174. The molecule has 0 heterocycles. The van der Waals surface area contributed by atoms with Crippen molar-refractivity contribution in [1.82, 2.24) is 0 Å².